The van der Waals surface area contributed by atoms with Crippen LogP contribution in [0, 0.1) is 10.8 Å². The molecular formula is C15H20O5. The van der Waals surface area contributed by atoms with Gasteiger partial charge in [-0.25, -0.2) is 0 Å². The lowest BCUT2D eigenvalue weighted by molar-refractivity contribution is -0.233. The number of ether oxygens (including phenoxy) is 2. The van der Waals surface area contributed by atoms with Gasteiger partial charge in [0.1, 0.15) is 11.7 Å². The molecule has 4 aliphatic rings. The Bertz CT molecular complexity index is 536. The van der Waals surface area contributed by atoms with Crippen molar-refractivity contribution >= 4 is 5.78 Å². The van der Waals surface area contributed by atoms with Crippen LogP contribution in [-0.4, -0.2) is 52.6 Å². The van der Waals surface area contributed by atoms with Crippen molar-refractivity contribution in [1.29, 1.82) is 0 Å². The first-order chi connectivity index (χ1) is 9.29. The lowest BCUT2D eigenvalue weighted by Crippen LogP contribution is -2.69. The minimum absolute atomic E-state index is 0.162. The number of epoxide rings is 1. The molecule has 110 valence electrons. The summed E-state index contributed by atoms with van der Waals surface area (Å²) in [4.78, 5) is 12.2. The quantitative estimate of drug-likeness (QED) is 0.619. The molecule has 2 bridgehead atoms. The predicted molar refractivity (Wildman–Crippen MR) is 69.0 cm³/mol. The summed E-state index contributed by atoms with van der Waals surface area (Å²) in [6.07, 6.45) is -0.0389. The van der Waals surface area contributed by atoms with Crippen LogP contribution in [0.25, 0.3) is 0 Å². The van der Waals surface area contributed by atoms with Crippen molar-refractivity contribution in [3.63, 3.8) is 0 Å². The fraction of sp³-hybridized carbons (Fsp3) is 0.800. The largest absolute Gasteiger partial charge is 0.392 e. The highest BCUT2D eigenvalue weighted by Gasteiger charge is 2.82. The van der Waals surface area contributed by atoms with Crippen molar-refractivity contribution in [2.45, 2.75) is 57.2 Å². The van der Waals surface area contributed by atoms with Crippen LogP contribution in [0.1, 0.15) is 27.2 Å². The van der Waals surface area contributed by atoms with Crippen molar-refractivity contribution in [2.75, 3.05) is 6.61 Å². The number of aliphatic hydroxyl groups is 2. The van der Waals surface area contributed by atoms with Crippen LogP contribution in [0.3, 0.4) is 0 Å². The van der Waals surface area contributed by atoms with Crippen LogP contribution in [0.2, 0.25) is 0 Å². The van der Waals surface area contributed by atoms with E-state index in [0.29, 0.717) is 18.6 Å². The van der Waals surface area contributed by atoms with E-state index in [0.717, 1.165) is 0 Å². The Morgan fingerprint density at radius 2 is 2.00 bits per heavy atom. The second-order valence-corrected chi connectivity index (χ2v) is 7.08. The summed E-state index contributed by atoms with van der Waals surface area (Å²) in [7, 11) is 0. The summed E-state index contributed by atoms with van der Waals surface area (Å²) in [5.41, 5.74) is -1.56. The van der Waals surface area contributed by atoms with E-state index >= 15 is 0 Å². The number of aliphatic hydroxyl groups excluding tert-OH is 2. The van der Waals surface area contributed by atoms with Gasteiger partial charge in [-0.1, -0.05) is 13.8 Å². The molecule has 0 aromatic carbocycles. The molecule has 7 atom stereocenters. The molecule has 7 unspecified atom stereocenters. The highest BCUT2D eigenvalue weighted by atomic mass is 16.6. The molecule has 0 amide bonds. The predicted octanol–water partition coefficient (Wildman–Crippen LogP) is 0.190. The number of hydrogen-bond donors (Lipinski definition) is 2. The van der Waals surface area contributed by atoms with Crippen LogP contribution in [0.5, 0.6) is 0 Å². The zero-order valence-electron chi connectivity index (χ0n) is 11.9. The van der Waals surface area contributed by atoms with E-state index in [9.17, 15) is 15.0 Å². The Kier molecular flexibility index (Phi) is 2.17. The Hall–Kier alpha value is -0.750. The van der Waals surface area contributed by atoms with E-state index < -0.39 is 28.6 Å². The molecule has 0 aromatic rings. The van der Waals surface area contributed by atoms with Gasteiger partial charge in [-0.15, -0.1) is 0 Å². The third-order valence-electron chi connectivity index (χ3n) is 6.59. The average molecular weight is 280 g/mol. The number of hydrogen-bond acceptors (Lipinski definition) is 5. The van der Waals surface area contributed by atoms with Crippen LogP contribution in [-0.2, 0) is 14.3 Å². The maximum Gasteiger partial charge on any atom is 0.187 e. The molecule has 0 aromatic heterocycles. The van der Waals surface area contributed by atoms with Crippen LogP contribution < -0.4 is 0 Å². The Balaban J connectivity index is 1.94. The zero-order valence-corrected chi connectivity index (χ0v) is 11.9. The lowest BCUT2D eigenvalue weighted by atomic mass is 9.50. The number of ketones is 1. The van der Waals surface area contributed by atoms with E-state index in [-0.39, 0.29) is 18.0 Å². The Morgan fingerprint density at radius 1 is 1.35 bits per heavy atom. The van der Waals surface area contributed by atoms with Crippen molar-refractivity contribution in [3.05, 3.63) is 11.6 Å². The summed E-state index contributed by atoms with van der Waals surface area (Å²) in [5.74, 6) is -0.276. The number of rotatable bonds is 0. The fourth-order valence-electron chi connectivity index (χ4n) is 4.85. The minimum atomic E-state index is -1.17. The van der Waals surface area contributed by atoms with E-state index in [4.69, 9.17) is 9.47 Å². The summed E-state index contributed by atoms with van der Waals surface area (Å²) >= 11 is 0. The second-order valence-electron chi connectivity index (χ2n) is 7.08. The second kappa shape index (κ2) is 3.35. The van der Waals surface area contributed by atoms with Gasteiger partial charge < -0.3 is 19.7 Å². The van der Waals surface area contributed by atoms with Crippen molar-refractivity contribution < 1.29 is 24.5 Å². The molecule has 4 rings (SSSR count). The number of Topliss-reactive ketones (excluding diaryl/α,β-unsaturated/α-hetero) is 1. The first kappa shape index (κ1) is 13.0. The minimum Gasteiger partial charge on any atom is -0.392 e. The van der Waals surface area contributed by atoms with Crippen molar-refractivity contribution in [3.8, 4) is 0 Å². The standard InChI is InChI=1S/C15H20O5/c1-7-4-9-13(2,12(18)11(7)17)14(3)8(16)5-10(20-9)15(14)6-19-15/h4,8-10,12,16,18H,5-6H2,1-3H3. The summed E-state index contributed by atoms with van der Waals surface area (Å²) in [5, 5.41) is 21.2. The highest BCUT2D eigenvalue weighted by Crippen LogP contribution is 2.70. The molecule has 2 heterocycles. The van der Waals surface area contributed by atoms with Gasteiger partial charge in [-0.2, -0.15) is 0 Å². The summed E-state index contributed by atoms with van der Waals surface area (Å²) < 4.78 is 11.8. The molecule has 2 aliphatic heterocycles. The molecule has 5 nitrogen and oxygen atoms in total. The number of carbonyl (C=O) groups is 1. The third-order valence-corrected chi connectivity index (χ3v) is 6.59. The van der Waals surface area contributed by atoms with Gasteiger partial charge >= 0.3 is 0 Å². The van der Waals surface area contributed by atoms with E-state index in [1.54, 1.807) is 13.0 Å². The molecule has 2 saturated heterocycles. The van der Waals surface area contributed by atoms with Gasteiger partial charge in [-0.3, -0.25) is 4.79 Å². The van der Waals surface area contributed by atoms with Gasteiger partial charge in [-0.05, 0) is 18.6 Å². The lowest BCUT2D eigenvalue weighted by Gasteiger charge is -2.58. The maximum atomic E-state index is 12.2. The van der Waals surface area contributed by atoms with Gasteiger partial charge in [0.25, 0.3) is 0 Å². The van der Waals surface area contributed by atoms with E-state index in [1.807, 2.05) is 13.8 Å². The Morgan fingerprint density at radius 3 is 2.60 bits per heavy atom. The molecule has 3 fully saturated rings. The highest BCUT2D eigenvalue weighted by molar-refractivity contribution is 6.00. The van der Waals surface area contributed by atoms with Crippen molar-refractivity contribution in [1.82, 2.24) is 0 Å². The van der Waals surface area contributed by atoms with Crippen LogP contribution in [0.15, 0.2) is 11.6 Å². The fourth-order valence-corrected chi connectivity index (χ4v) is 4.85. The maximum absolute atomic E-state index is 12.2. The van der Waals surface area contributed by atoms with E-state index in [1.165, 1.54) is 0 Å². The molecule has 20 heavy (non-hydrogen) atoms. The molecule has 1 spiro atoms. The topological polar surface area (TPSA) is 79.3 Å². The van der Waals surface area contributed by atoms with Gasteiger partial charge in [0.05, 0.1) is 24.9 Å². The van der Waals surface area contributed by atoms with Crippen LogP contribution >= 0.6 is 0 Å². The van der Waals surface area contributed by atoms with Crippen molar-refractivity contribution in [2.24, 2.45) is 10.8 Å². The molecule has 2 N–H and O–H groups in total. The molecule has 5 heteroatoms. The monoisotopic (exact) mass is 280 g/mol. The van der Waals surface area contributed by atoms with Gasteiger partial charge in [0.2, 0.25) is 0 Å². The van der Waals surface area contributed by atoms with E-state index in [2.05, 4.69) is 0 Å². The molecule has 0 radical (unpaired) electrons. The zero-order chi connectivity index (χ0) is 14.5. The van der Waals surface area contributed by atoms with Gasteiger partial charge in [0, 0.05) is 17.3 Å². The number of fused-ring (bicyclic) bond motifs is 2. The first-order valence-corrected chi connectivity index (χ1v) is 7.17. The Labute approximate surface area is 117 Å². The normalized spacial score (nSPS) is 60.5. The SMILES string of the molecule is CC1=CC2OC3CC(O)C(C)(C34CO4)C2(C)C(O)C1=O. The smallest absolute Gasteiger partial charge is 0.187 e. The summed E-state index contributed by atoms with van der Waals surface area (Å²) in [6.45, 7) is 6.01. The first-order valence-electron chi connectivity index (χ1n) is 7.17. The summed E-state index contributed by atoms with van der Waals surface area (Å²) in [6, 6.07) is 0. The average Bonchev–Trinajstić information content (AvgIpc) is 3.17. The van der Waals surface area contributed by atoms with Crippen LogP contribution in [0.4, 0.5) is 0 Å². The molecular weight excluding hydrogens is 260 g/mol. The third kappa shape index (κ3) is 1.04. The number of carbonyl (C=O) groups excluding carboxylic acids is 1. The molecule has 1 saturated carbocycles. The molecule has 2 aliphatic carbocycles. The van der Waals surface area contributed by atoms with Gasteiger partial charge in [0.15, 0.2) is 5.78 Å².